The van der Waals surface area contributed by atoms with Crippen molar-refractivity contribution >= 4 is 0 Å². The van der Waals surface area contributed by atoms with Gasteiger partial charge in [-0.05, 0) is 31.6 Å². The van der Waals surface area contributed by atoms with Gasteiger partial charge in [-0.15, -0.1) is 0 Å². The Balaban J connectivity index is 2.41. The van der Waals surface area contributed by atoms with Crippen LogP contribution >= 0.6 is 0 Å². The fraction of sp³-hybridized carbons (Fsp3) is 1.00. The van der Waals surface area contributed by atoms with Crippen molar-refractivity contribution in [2.75, 3.05) is 0 Å². The number of hydrogen-bond acceptors (Lipinski definition) is 2. The zero-order chi connectivity index (χ0) is 7.61. The highest BCUT2D eigenvalue weighted by Gasteiger charge is 2.24. The van der Waals surface area contributed by atoms with Crippen LogP contribution in [0, 0.1) is 5.92 Å². The average Bonchev–Trinajstić information content (AvgIpc) is 1.94. The van der Waals surface area contributed by atoms with E-state index in [0.29, 0.717) is 0 Å². The minimum atomic E-state index is -0.856. The first-order chi connectivity index (χ1) is 4.60. The van der Waals surface area contributed by atoms with Gasteiger partial charge in [0, 0.05) is 0 Å². The maximum Gasteiger partial charge on any atom is 0.113 e. The van der Waals surface area contributed by atoms with E-state index in [-0.39, 0.29) is 0 Å². The predicted octanol–water partition coefficient (Wildman–Crippen LogP) is 1.23. The summed E-state index contributed by atoms with van der Waals surface area (Å²) in [6.45, 7) is 2.22. The number of aliphatic hydroxyl groups is 1. The van der Waals surface area contributed by atoms with Crippen LogP contribution < -0.4 is 5.73 Å². The van der Waals surface area contributed by atoms with Gasteiger partial charge in [-0.2, -0.15) is 0 Å². The SMILES string of the molecule is CC1CCCC(N)(O)CC1. The van der Waals surface area contributed by atoms with Crippen LogP contribution in [0.4, 0.5) is 0 Å². The summed E-state index contributed by atoms with van der Waals surface area (Å²) in [5.41, 5.74) is 4.74. The van der Waals surface area contributed by atoms with Crippen LogP contribution in [-0.4, -0.2) is 10.8 Å². The normalized spacial score (nSPS) is 42.9. The Morgan fingerprint density at radius 1 is 1.40 bits per heavy atom. The van der Waals surface area contributed by atoms with E-state index in [2.05, 4.69) is 6.92 Å². The number of rotatable bonds is 0. The van der Waals surface area contributed by atoms with Crippen LogP contribution in [-0.2, 0) is 0 Å². The Kier molecular flexibility index (Phi) is 2.32. The van der Waals surface area contributed by atoms with Crippen LogP contribution in [0.2, 0.25) is 0 Å². The third kappa shape index (κ3) is 2.27. The summed E-state index contributed by atoms with van der Waals surface area (Å²) in [4.78, 5) is 0. The van der Waals surface area contributed by atoms with Crippen molar-refractivity contribution in [3.8, 4) is 0 Å². The molecule has 60 valence electrons. The van der Waals surface area contributed by atoms with Crippen molar-refractivity contribution in [3.05, 3.63) is 0 Å². The maximum absolute atomic E-state index is 9.45. The minimum absolute atomic E-state index is 0.748. The highest BCUT2D eigenvalue weighted by molar-refractivity contribution is 4.75. The molecule has 0 aromatic heterocycles. The first-order valence-corrected chi connectivity index (χ1v) is 4.11. The van der Waals surface area contributed by atoms with Gasteiger partial charge in [0.25, 0.3) is 0 Å². The lowest BCUT2D eigenvalue weighted by molar-refractivity contribution is 0.0306. The highest BCUT2D eigenvalue weighted by atomic mass is 16.3. The van der Waals surface area contributed by atoms with Gasteiger partial charge in [-0.25, -0.2) is 0 Å². The van der Waals surface area contributed by atoms with Gasteiger partial charge in [-0.1, -0.05) is 13.3 Å². The van der Waals surface area contributed by atoms with Gasteiger partial charge in [0.1, 0.15) is 5.72 Å². The summed E-state index contributed by atoms with van der Waals surface area (Å²) < 4.78 is 0. The summed E-state index contributed by atoms with van der Waals surface area (Å²) in [5.74, 6) is 0.748. The van der Waals surface area contributed by atoms with Crippen LogP contribution in [0.3, 0.4) is 0 Å². The molecular weight excluding hydrogens is 126 g/mol. The molecule has 2 nitrogen and oxygen atoms in total. The van der Waals surface area contributed by atoms with Gasteiger partial charge in [0.15, 0.2) is 0 Å². The van der Waals surface area contributed by atoms with Crippen LogP contribution in [0.15, 0.2) is 0 Å². The number of nitrogens with two attached hydrogens (primary N) is 1. The molecule has 1 aliphatic rings. The van der Waals surface area contributed by atoms with Gasteiger partial charge in [0.2, 0.25) is 0 Å². The fourth-order valence-corrected chi connectivity index (χ4v) is 1.52. The quantitative estimate of drug-likeness (QED) is 0.396. The molecule has 2 atom stereocenters. The van der Waals surface area contributed by atoms with Crippen molar-refractivity contribution in [1.29, 1.82) is 0 Å². The Hall–Kier alpha value is -0.0800. The van der Waals surface area contributed by atoms with E-state index in [1.807, 2.05) is 0 Å². The summed E-state index contributed by atoms with van der Waals surface area (Å²) in [7, 11) is 0. The van der Waals surface area contributed by atoms with Gasteiger partial charge < -0.3 is 10.8 Å². The average molecular weight is 143 g/mol. The molecule has 1 rings (SSSR count). The molecule has 1 fully saturated rings. The lowest BCUT2D eigenvalue weighted by Crippen LogP contribution is -2.38. The fourth-order valence-electron chi connectivity index (χ4n) is 1.52. The van der Waals surface area contributed by atoms with E-state index in [4.69, 9.17) is 5.73 Å². The van der Waals surface area contributed by atoms with E-state index < -0.39 is 5.72 Å². The molecule has 2 heteroatoms. The second-order valence-corrected chi connectivity index (χ2v) is 3.64. The summed E-state index contributed by atoms with van der Waals surface area (Å²) in [5, 5.41) is 9.45. The molecule has 1 aliphatic carbocycles. The van der Waals surface area contributed by atoms with Crippen molar-refractivity contribution in [3.63, 3.8) is 0 Å². The molecule has 0 aliphatic heterocycles. The van der Waals surface area contributed by atoms with Gasteiger partial charge in [-0.3, -0.25) is 0 Å². The third-order valence-electron chi connectivity index (χ3n) is 2.38. The first-order valence-electron chi connectivity index (χ1n) is 4.11. The van der Waals surface area contributed by atoms with Crippen LogP contribution in [0.25, 0.3) is 0 Å². The molecule has 0 amide bonds. The zero-order valence-electron chi connectivity index (χ0n) is 6.64. The second kappa shape index (κ2) is 2.89. The molecule has 0 saturated heterocycles. The van der Waals surface area contributed by atoms with E-state index in [0.717, 1.165) is 31.6 Å². The number of hydrogen-bond donors (Lipinski definition) is 2. The van der Waals surface area contributed by atoms with E-state index in [1.165, 1.54) is 6.42 Å². The maximum atomic E-state index is 9.45. The second-order valence-electron chi connectivity index (χ2n) is 3.64. The van der Waals surface area contributed by atoms with Crippen molar-refractivity contribution in [2.24, 2.45) is 11.7 Å². The summed E-state index contributed by atoms with van der Waals surface area (Å²) in [6, 6.07) is 0. The Morgan fingerprint density at radius 3 is 2.80 bits per heavy atom. The van der Waals surface area contributed by atoms with E-state index in [9.17, 15) is 5.11 Å². The van der Waals surface area contributed by atoms with Gasteiger partial charge in [0.05, 0.1) is 0 Å². The van der Waals surface area contributed by atoms with Crippen molar-refractivity contribution in [2.45, 2.75) is 44.8 Å². The molecule has 1 saturated carbocycles. The molecule has 0 aromatic carbocycles. The molecule has 10 heavy (non-hydrogen) atoms. The van der Waals surface area contributed by atoms with E-state index >= 15 is 0 Å². The standard InChI is InChI=1S/C8H17NO/c1-7-3-2-5-8(9,10)6-4-7/h7,10H,2-6,9H2,1H3. The molecular formula is C8H17NO. The van der Waals surface area contributed by atoms with Gasteiger partial charge >= 0.3 is 0 Å². The largest absolute Gasteiger partial charge is 0.376 e. The minimum Gasteiger partial charge on any atom is -0.376 e. The molecule has 0 bridgehead atoms. The lowest BCUT2D eigenvalue weighted by Gasteiger charge is -2.19. The van der Waals surface area contributed by atoms with Crippen molar-refractivity contribution < 1.29 is 5.11 Å². The third-order valence-corrected chi connectivity index (χ3v) is 2.38. The van der Waals surface area contributed by atoms with Crippen LogP contribution in [0.5, 0.6) is 0 Å². The summed E-state index contributed by atoms with van der Waals surface area (Å²) in [6.07, 6.45) is 4.92. The molecule has 0 heterocycles. The molecule has 0 spiro atoms. The lowest BCUT2D eigenvalue weighted by atomic mass is 10.0. The predicted molar refractivity (Wildman–Crippen MR) is 41.4 cm³/mol. The topological polar surface area (TPSA) is 46.2 Å². The van der Waals surface area contributed by atoms with Crippen molar-refractivity contribution in [1.82, 2.24) is 0 Å². The molecule has 3 N–H and O–H groups in total. The smallest absolute Gasteiger partial charge is 0.113 e. The Morgan fingerprint density at radius 2 is 2.10 bits per heavy atom. The molecule has 2 unspecified atom stereocenters. The Labute approximate surface area is 62.4 Å². The zero-order valence-corrected chi connectivity index (χ0v) is 6.64. The van der Waals surface area contributed by atoms with Crippen LogP contribution in [0.1, 0.15) is 39.0 Å². The van der Waals surface area contributed by atoms with E-state index in [1.54, 1.807) is 0 Å². The highest BCUT2D eigenvalue weighted by Crippen LogP contribution is 2.26. The molecule has 0 radical (unpaired) electrons. The molecule has 0 aromatic rings. The monoisotopic (exact) mass is 143 g/mol. The first kappa shape index (κ1) is 8.02. The summed E-state index contributed by atoms with van der Waals surface area (Å²) >= 11 is 0. The Bertz CT molecular complexity index is 112.